The summed E-state index contributed by atoms with van der Waals surface area (Å²) in [6.07, 6.45) is 0.451. The van der Waals surface area contributed by atoms with Crippen molar-refractivity contribution in [2.45, 2.75) is 36.3 Å². The lowest BCUT2D eigenvalue weighted by Crippen LogP contribution is -2.23. The highest BCUT2D eigenvalue weighted by molar-refractivity contribution is 9.12. The number of carbonyl (C=O) groups excluding carboxylic acids is 2. The first kappa shape index (κ1) is 15.9. The number of carbonyl (C=O) groups is 2. The molecule has 0 rings (SSSR count). The van der Waals surface area contributed by atoms with Crippen LogP contribution in [0.25, 0.3) is 0 Å². The number of esters is 2. The summed E-state index contributed by atoms with van der Waals surface area (Å²) in [5.41, 5.74) is 0. The lowest BCUT2D eigenvalue weighted by molar-refractivity contribution is -0.145. The Morgan fingerprint density at radius 3 is 1.50 bits per heavy atom. The number of alkyl halides is 2. The summed E-state index contributed by atoms with van der Waals surface area (Å²) >= 11 is 6.68. The summed E-state index contributed by atoms with van der Waals surface area (Å²) in [5, 5.41) is 0. The van der Waals surface area contributed by atoms with E-state index in [4.69, 9.17) is 9.47 Å². The maximum Gasteiger partial charge on any atom is 0.306 e. The Bertz CT molecular complexity index is 209. The van der Waals surface area contributed by atoms with E-state index in [0.717, 1.165) is 0 Å². The molecule has 94 valence electrons. The highest BCUT2D eigenvalue weighted by atomic mass is 79.9. The summed E-state index contributed by atoms with van der Waals surface area (Å²) in [7, 11) is 0. The Kier molecular flexibility index (Phi) is 8.93. The largest absolute Gasteiger partial charge is 0.466 e. The van der Waals surface area contributed by atoms with Crippen LogP contribution in [0.15, 0.2) is 0 Å². The van der Waals surface area contributed by atoms with E-state index in [-0.39, 0.29) is 34.4 Å². The minimum Gasteiger partial charge on any atom is -0.466 e. The van der Waals surface area contributed by atoms with Gasteiger partial charge in [0.2, 0.25) is 0 Å². The predicted molar refractivity (Wildman–Crippen MR) is 67.9 cm³/mol. The molecule has 0 fully saturated rings. The average molecular weight is 360 g/mol. The zero-order valence-electron chi connectivity index (χ0n) is 9.37. The summed E-state index contributed by atoms with van der Waals surface area (Å²) in [4.78, 5) is 22.1. The molecule has 0 aromatic rings. The van der Waals surface area contributed by atoms with Crippen LogP contribution >= 0.6 is 31.9 Å². The first-order chi connectivity index (χ1) is 7.51. The maximum absolute atomic E-state index is 11.2. The first-order valence-corrected chi connectivity index (χ1v) is 6.93. The Hall–Kier alpha value is -0.100. The quantitative estimate of drug-likeness (QED) is 0.517. The van der Waals surface area contributed by atoms with Crippen molar-refractivity contribution < 1.29 is 19.1 Å². The normalized spacial score (nSPS) is 14.0. The minimum absolute atomic E-state index is 0.143. The molecule has 0 N–H and O–H groups in total. The summed E-state index contributed by atoms with van der Waals surface area (Å²) in [5.74, 6) is -0.560. The second-order valence-corrected chi connectivity index (χ2v) is 5.40. The molecule has 0 aliphatic heterocycles. The maximum atomic E-state index is 11.2. The summed E-state index contributed by atoms with van der Waals surface area (Å²) in [6.45, 7) is 4.24. The van der Waals surface area contributed by atoms with E-state index in [9.17, 15) is 9.59 Å². The van der Waals surface area contributed by atoms with Gasteiger partial charge in [-0.25, -0.2) is 0 Å². The Labute approximate surface area is 112 Å². The Balaban J connectivity index is 3.93. The van der Waals surface area contributed by atoms with E-state index in [0.29, 0.717) is 13.2 Å². The molecule has 0 aliphatic rings. The van der Waals surface area contributed by atoms with E-state index in [2.05, 4.69) is 31.9 Å². The molecule has 16 heavy (non-hydrogen) atoms. The minimum atomic E-state index is -0.280. The van der Waals surface area contributed by atoms with Gasteiger partial charge in [0.05, 0.1) is 26.1 Å². The van der Waals surface area contributed by atoms with Gasteiger partial charge in [-0.15, -0.1) is 0 Å². The fourth-order valence-electron chi connectivity index (χ4n) is 1.01. The van der Waals surface area contributed by atoms with Crippen LogP contribution in [-0.2, 0) is 19.1 Å². The van der Waals surface area contributed by atoms with Crippen molar-refractivity contribution in [3.8, 4) is 0 Å². The molecule has 0 aromatic heterocycles. The molecule has 6 heteroatoms. The van der Waals surface area contributed by atoms with Crippen molar-refractivity contribution in [1.29, 1.82) is 0 Å². The second-order valence-electron chi connectivity index (χ2n) is 3.05. The fourth-order valence-corrected chi connectivity index (χ4v) is 1.92. The highest BCUT2D eigenvalue weighted by Crippen LogP contribution is 2.21. The van der Waals surface area contributed by atoms with Gasteiger partial charge in [-0.2, -0.15) is 0 Å². The molecule has 0 spiro atoms. The van der Waals surface area contributed by atoms with Gasteiger partial charge in [-0.05, 0) is 13.8 Å². The van der Waals surface area contributed by atoms with E-state index < -0.39 is 0 Å². The van der Waals surface area contributed by atoms with Crippen LogP contribution in [0.1, 0.15) is 26.7 Å². The van der Waals surface area contributed by atoms with Gasteiger partial charge in [0.25, 0.3) is 0 Å². The molecule has 0 bridgehead atoms. The van der Waals surface area contributed by atoms with Crippen molar-refractivity contribution in [1.82, 2.24) is 0 Å². The van der Waals surface area contributed by atoms with Gasteiger partial charge in [0.1, 0.15) is 0 Å². The van der Waals surface area contributed by atoms with Crippen LogP contribution in [-0.4, -0.2) is 34.8 Å². The van der Waals surface area contributed by atoms with Crippen molar-refractivity contribution in [3.63, 3.8) is 0 Å². The van der Waals surface area contributed by atoms with Crippen molar-refractivity contribution in [3.05, 3.63) is 0 Å². The molecule has 4 nitrogen and oxygen atoms in total. The first-order valence-electron chi connectivity index (χ1n) is 5.10. The molecular formula is C10H16Br2O4. The monoisotopic (exact) mass is 358 g/mol. The molecule has 2 atom stereocenters. The molecule has 0 saturated heterocycles. The van der Waals surface area contributed by atoms with Gasteiger partial charge in [-0.1, -0.05) is 31.9 Å². The van der Waals surface area contributed by atoms with Gasteiger partial charge in [0.15, 0.2) is 0 Å². The van der Waals surface area contributed by atoms with Crippen molar-refractivity contribution in [2.75, 3.05) is 13.2 Å². The van der Waals surface area contributed by atoms with E-state index in [1.165, 1.54) is 0 Å². The van der Waals surface area contributed by atoms with E-state index in [1.54, 1.807) is 13.8 Å². The molecule has 0 aliphatic carbocycles. The number of halogens is 2. The Morgan fingerprint density at radius 2 is 1.25 bits per heavy atom. The molecule has 0 amide bonds. The average Bonchev–Trinajstić information content (AvgIpc) is 2.17. The standard InChI is InChI=1S/C10H16Br2O4/c1-3-15-9(13)5-7(11)8(12)6-10(14)16-4-2/h7-8H,3-6H2,1-2H3/t7-,8-/m1/s1. The van der Waals surface area contributed by atoms with Crippen LogP contribution in [0.2, 0.25) is 0 Å². The number of hydrogen-bond acceptors (Lipinski definition) is 4. The molecule has 0 heterocycles. The number of ether oxygens (including phenoxy) is 2. The zero-order valence-corrected chi connectivity index (χ0v) is 12.5. The topological polar surface area (TPSA) is 52.6 Å². The third-order valence-electron chi connectivity index (χ3n) is 1.73. The molecule has 0 radical (unpaired) electrons. The molecule has 0 unspecified atom stereocenters. The molecule has 0 saturated carbocycles. The summed E-state index contributed by atoms with van der Waals surface area (Å²) < 4.78 is 9.62. The lowest BCUT2D eigenvalue weighted by Gasteiger charge is -2.15. The van der Waals surface area contributed by atoms with Gasteiger partial charge >= 0.3 is 11.9 Å². The predicted octanol–water partition coefficient (Wildman–Crippen LogP) is 2.42. The van der Waals surface area contributed by atoms with Crippen LogP contribution in [0.5, 0.6) is 0 Å². The van der Waals surface area contributed by atoms with E-state index >= 15 is 0 Å². The summed E-state index contributed by atoms with van der Waals surface area (Å²) in [6, 6.07) is 0. The Morgan fingerprint density at radius 1 is 0.938 bits per heavy atom. The van der Waals surface area contributed by atoms with Crippen molar-refractivity contribution in [2.24, 2.45) is 0 Å². The van der Waals surface area contributed by atoms with Gasteiger partial charge < -0.3 is 9.47 Å². The van der Waals surface area contributed by atoms with Crippen molar-refractivity contribution >= 4 is 43.8 Å². The smallest absolute Gasteiger partial charge is 0.306 e. The fraction of sp³-hybridized carbons (Fsp3) is 0.800. The number of hydrogen-bond donors (Lipinski definition) is 0. The molecular weight excluding hydrogens is 344 g/mol. The van der Waals surface area contributed by atoms with Gasteiger partial charge in [-0.3, -0.25) is 9.59 Å². The van der Waals surface area contributed by atoms with Crippen LogP contribution in [0, 0.1) is 0 Å². The zero-order chi connectivity index (χ0) is 12.6. The number of rotatable bonds is 7. The van der Waals surface area contributed by atoms with Gasteiger partial charge in [0, 0.05) is 9.65 Å². The van der Waals surface area contributed by atoms with Crippen LogP contribution in [0.3, 0.4) is 0 Å². The molecule has 0 aromatic carbocycles. The lowest BCUT2D eigenvalue weighted by atomic mass is 10.2. The SMILES string of the molecule is CCOC(=O)C[C@@H](Br)[C@H](Br)CC(=O)OCC. The van der Waals surface area contributed by atoms with Crippen LogP contribution in [0.4, 0.5) is 0 Å². The van der Waals surface area contributed by atoms with E-state index in [1.807, 2.05) is 0 Å². The third kappa shape index (κ3) is 7.22. The third-order valence-corrected chi connectivity index (χ3v) is 4.36. The second kappa shape index (κ2) is 8.98. The highest BCUT2D eigenvalue weighted by Gasteiger charge is 2.22. The van der Waals surface area contributed by atoms with Crippen LogP contribution < -0.4 is 0 Å².